The summed E-state index contributed by atoms with van der Waals surface area (Å²) in [6.45, 7) is 0. The number of sulfonamides is 1. The van der Waals surface area contributed by atoms with Crippen LogP contribution in [0.2, 0.25) is 5.02 Å². The van der Waals surface area contributed by atoms with Gasteiger partial charge in [0.05, 0.1) is 16.8 Å². The van der Waals surface area contributed by atoms with Gasteiger partial charge < -0.3 is 10.2 Å². The third-order valence-corrected chi connectivity index (χ3v) is 5.63. The maximum atomic E-state index is 12.9. The van der Waals surface area contributed by atoms with E-state index in [1.54, 1.807) is 0 Å². The van der Waals surface area contributed by atoms with Crippen LogP contribution in [0.5, 0.6) is 11.5 Å². The number of aromatic hydroxyl groups is 2. The second kappa shape index (κ2) is 8.90. The van der Waals surface area contributed by atoms with Gasteiger partial charge in [0.25, 0.3) is 15.7 Å². The van der Waals surface area contributed by atoms with E-state index >= 15 is 0 Å². The average molecular weight is 463 g/mol. The highest BCUT2D eigenvalue weighted by atomic mass is 35.5. The molecule has 0 unspecified atom stereocenters. The molecule has 0 aromatic heterocycles. The monoisotopic (exact) mass is 462 g/mol. The molecule has 31 heavy (non-hydrogen) atoms. The molecule has 0 atom stereocenters. The van der Waals surface area contributed by atoms with E-state index in [4.69, 9.17) is 11.6 Å². The minimum atomic E-state index is -4.23. The van der Waals surface area contributed by atoms with Crippen LogP contribution in [0.4, 0.5) is 17.1 Å². The van der Waals surface area contributed by atoms with E-state index in [9.17, 15) is 28.7 Å². The van der Waals surface area contributed by atoms with Crippen LogP contribution in [0.25, 0.3) is 0 Å². The molecule has 160 valence electrons. The summed E-state index contributed by atoms with van der Waals surface area (Å²) in [5.74, 6) is -0.656. The van der Waals surface area contributed by atoms with Crippen molar-refractivity contribution in [3.8, 4) is 11.5 Å². The lowest BCUT2D eigenvalue weighted by atomic mass is 10.2. The molecule has 12 heteroatoms. The summed E-state index contributed by atoms with van der Waals surface area (Å²) in [6.07, 6.45) is 1.27. The van der Waals surface area contributed by atoms with Crippen LogP contribution < -0.4 is 10.1 Å². The summed E-state index contributed by atoms with van der Waals surface area (Å²) in [6, 6.07) is 13.1. The number of nitrogens with one attached hydrogen (secondary N) is 2. The van der Waals surface area contributed by atoms with E-state index in [0.29, 0.717) is 10.6 Å². The number of hydrogen-bond donors (Lipinski definition) is 4. The molecule has 0 aliphatic heterocycles. The SMILES string of the molecule is O=[N+]([O-])c1ccc(N/N=C/c2ccc(O)c(O)c2)c(S(=O)(=O)Nc2ccc(Cl)cc2)c1. The van der Waals surface area contributed by atoms with E-state index < -0.39 is 25.5 Å². The van der Waals surface area contributed by atoms with Crippen molar-refractivity contribution in [1.82, 2.24) is 0 Å². The van der Waals surface area contributed by atoms with Gasteiger partial charge in [0.1, 0.15) is 4.90 Å². The largest absolute Gasteiger partial charge is 0.504 e. The molecule has 0 bridgehead atoms. The number of benzene rings is 3. The maximum absolute atomic E-state index is 12.9. The number of hydrazone groups is 1. The molecule has 4 N–H and O–H groups in total. The summed E-state index contributed by atoms with van der Waals surface area (Å²) >= 11 is 5.80. The molecule has 0 saturated heterocycles. The molecular weight excluding hydrogens is 448 g/mol. The van der Waals surface area contributed by atoms with Crippen LogP contribution in [0, 0.1) is 10.1 Å². The second-order valence-electron chi connectivity index (χ2n) is 6.17. The number of rotatable bonds is 7. The predicted octanol–water partition coefficient (Wildman–Crippen LogP) is 3.91. The fourth-order valence-electron chi connectivity index (χ4n) is 2.46. The van der Waals surface area contributed by atoms with Crippen molar-refractivity contribution in [2.75, 3.05) is 10.1 Å². The molecule has 3 rings (SSSR count). The first kappa shape index (κ1) is 21.9. The molecule has 0 aliphatic carbocycles. The van der Waals surface area contributed by atoms with E-state index in [1.807, 2.05) is 0 Å². The third-order valence-electron chi connectivity index (χ3n) is 3.96. The Kier molecular flexibility index (Phi) is 6.28. The smallest absolute Gasteiger partial charge is 0.270 e. The van der Waals surface area contributed by atoms with E-state index in [2.05, 4.69) is 15.2 Å². The van der Waals surface area contributed by atoms with Crippen LogP contribution in [-0.4, -0.2) is 29.8 Å². The Bertz CT molecular complexity index is 1260. The van der Waals surface area contributed by atoms with Gasteiger partial charge in [-0.15, -0.1) is 0 Å². The maximum Gasteiger partial charge on any atom is 0.270 e. The van der Waals surface area contributed by atoms with Gasteiger partial charge in [0, 0.05) is 22.8 Å². The first-order chi connectivity index (χ1) is 14.7. The number of nitro benzene ring substituents is 1. The normalized spacial score (nSPS) is 11.4. The lowest BCUT2D eigenvalue weighted by molar-refractivity contribution is -0.385. The van der Waals surface area contributed by atoms with Gasteiger partial charge in [-0.3, -0.25) is 20.3 Å². The summed E-state index contributed by atoms with van der Waals surface area (Å²) in [5.41, 5.74) is 2.71. The Morgan fingerprint density at radius 3 is 2.35 bits per heavy atom. The van der Waals surface area contributed by atoms with Gasteiger partial charge in [-0.05, 0) is 54.1 Å². The van der Waals surface area contributed by atoms with Gasteiger partial charge in [-0.1, -0.05) is 11.6 Å². The summed E-state index contributed by atoms with van der Waals surface area (Å²) in [7, 11) is -4.23. The number of hydrogen-bond acceptors (Lipinski definition) is 8. The van der Waals surface area contributed by atoms with Crippen LogP contribution in [0.15, 0.2) is 70.7 Å². The van der Waals surface area contributed by atoms with Gasteiger partial charge >= 0.3 is 0 Å². The van der Waals surface area contributed by atoms with Crippen molar-refractivity contribution in [2.45, 2.75) is 4.90 Å². The van der Waals surface area contributed by atoms with Gasteiger partial charge in [-0.2, -0.15) is 5.10 Å². The lowest BCUT2D eigenvalue weighted by Gasteiger charge is -2.12. The van der Waals surface area contributed by atoms with E-state index in [-0.39, 0.29) is 22.9 Å². The number of phenols is 2. The van der Waals surface area contributed by atoms with Crippen molar-refractivity contribution in [1.29, 1.82) is 0 Å². The Morgan fingerprint density at radius 2 is 1.71 bits per heavy atom. The highest BCUT2D eigenvalue weighted by molar-refractivity contribution is 7.92. The summed E-state index contributed by atoms with van der Waals surface area (Å²) in [5, 5.41) is 34.3. The van der Waals surface area contributed by atoms with Crippen LogP contribution >= 0.6 is 11.6 Å². The van der Waals surface area contributed by atoms with Crippen LogP contribution in [-0.2, 0) is 10.0 Å². The molecule has 0 heterocycles. The Balaban J connectivity index is 1.92. The highest BCUT2D eigenvalue weighted by Crippen LogP contribution is 2.29. The first-order valence-corrected chi connectivity index (χ1v) is 10.4. The van der Waals surface area contributed by atoms with Gasteiger partial charge in [0.15, 0.2) is 11.5 Å². The minimum absolute atomic E-state index is 0.0219. The molecule has 0 fully saturated rings. The van der Waals surface area contributed by atoms with E-state index in [1.165, 1.54) is 54.7 Å². The zero-order valence-electron chi connectivity index (χ0n) is 15.6. The Morgan fingerprint density at radius 1 is 1.00 bits per heavy atom. The second-order valence-corrected chi connectivity index (χ2v) is 8.26. The number of nitrogens with zero attached hydrogens (tertiary/aromatic N) is 2. The van der Waals surface area contributed by atoms with Crippen LogP contribution in [0.1, 0.15) is 5.56 Å². The van der Waals surface area contributed by atoms with Crippen molar-refractivity contribution < 1.29 is 23.6 Å². The standard InChI is InChI=1S/C19H15ClN4O6S/c20-13-2-4-14(5-3-13)23-31(29,30)19-10-15(24(27)28)6-7-16(19)22-21-11-12-1-8-17(25)18(26)9-12/h1-11,22-23,25-26H/b21-11+. The summed E-state index contributed by atoms with van der Waals surface area (Å²) in [4.78, 5) is 10.0. The number of halogens is 1. The number of phenolic OH excluding ortho intramolecular Hbond substituents is 2. The Labute approximate surface area is 181 Å². The zero-order chi connectivity index (χ0) is 22.6. The zero-order valence-corrected chi connectivity index (χ0v) is 17.1. The first-order valence-electron chi connectivity index (χ1n) is 8.53. The molecule has 3 aromatic rings. The number of nitro groups is 1. The number of anilines is 2. The molecule has 0 amide bonds. The molecular formula is C19H15ClN4O6S. The van der Waals surface area contributed by atoms with Gasteiger partial charge in [0.2, 0.25) is 0 Å². The molecule has 0 spiro atoms. The molecule has 3 aromatic carbocycles. The summed E-state index contributed by atoms with van der Waals surface area (Å²) < 4.78 is 28.1. The highest BCUT2D eigenvalue weighted by Gasteiger charge is 2.22. The predicted molar refractivity (Wildman–Crippen MR) is 116 cm³/mol. The van der Waals surface area contributed by atoms with Crippen molar-refractivity contribution in [3.63, 3.8) is 0 Å². The Hall–Kier alpha value is -3.83. The molecule has 10 nitrogen and oxygen atoms in total. The average Bonchev–Trinajstić information content (AvgIpc) is 2.72. The topological polar surface area (TPSA) is 154 Å². The fraction of sp³-hybridized carbons (Fsp3) is 0. The third kappa shape index (κ3) is 5.41. The van der Waals surface area contributed by atoms with Gasteiger partial charge in [-0.25, -0.2) is 8.42 Å². The lowest BCUT2D eigenvalue weighted by Crippen LogP contribution is -2.15. The quantitative estimate of drug-likeness (QED) is 0.179. The van der Waals surface area contributed by atoms with Crippen molar-refractivity contribution in [3.05, 3.63) is 81.4 Å². The van der Waals surface area contributed by atoms with Crippen molar-refractivity contribution >= 4 is 44.9 Å². The van der Waals surface area contributed by atoms with E-state index in [0.717, 1.165) is 12.1 Å². The molecule has 0 aliphatic rings. The molecule has 0 saturated carbocycles. The molecule has 0 radical (unpaired) electrons. The minimum Gasteiger partial charge on any atom is -0.504 e. The number of non-ortho nitro benzene ring substituents is 1. The fourth-order valence-corrected chi connectivity index (χ4v) is 3.83. The van der Waals surface area contributed by atoms with Crippen LogP contribution in [0.3, 0.4) is 0 Å². The van der Waals surface area contributed by atoms with Crippen molar-refractivity contribution in [2.24, 2.45) is 5.10 Å².